The van der Waals surface area contributed by atoms with Crippen LogP contribution in [-0.4, -0.2) is 4.57 Å². The van der Waals surface area contributed by atoms with Gasteiger partial charge in [0.1, 0.15) is 0 Å². The zero-order valence-corrected chi connectivity index (χ0v) is 34.5. The lowest BCUT2D eigenvalue weighted by atomic mass is 9.70. The number of hydrogen-bond donors (Lipinski definition) is 0. The summed E-state index contributed by atoms with van der Waals surface area (Å²) < 4.78 is 2.38. The van der Waals surface area contributed by atoms with E-state index in [1.807, 2.05) is 0 Å². The molecule has 1 heterocycles. The van der Waals surface area contributed by atoms with Crippen LogP contribution < -0.4 is 4.90 Å². The van der Waals surface area contributed by atoms with Crippen molar-refractivity contribution in [2.24, 2.45) is 0 Å². The van der Waals surface area contributed by atoms with Crippen LogP contribution in [0.5, 0.6) is 0 Å². The number of fused-ring (bicyclic) bond motifs is 13. The Morgan fingerprint density at radius 2 is 0.778 bits per heavy atom. The molecule has 63 heavy (non-hydrogen) atoms. The van der Waals surface area contributed by atoms with E-state index in [0.717, 1.165) is 22.7 Å². The molecule has 0 bridgehead atoms. The number of hydrogen-bond acceptors (Lipinski definition) is 1. The molecule has 0 fully saturated rings. The van der Waals surface area contributed by atoms with E-state index < -0.39 is 5.41 Å². The largest absolute Gasteiger partial charge is 0.310 e. The molecule has 2 aliphatic rings. The molecule has 2 heteroatoms. The fourth-order valence-electron chi connectivity index (χ4n) is 10.9. The molecule has 2 nitrogen and oxygen atoms in total. The highest BCUT2D eigenvalue weighted by Gasteiger charge is 2.51. The van der Waals surface area contributed by atoms with Crippen LogP contribution in [0.1, 0.15) is 22.3 Å². The number of aromatic nitrogens is 1. The second-order valence-corrected chi connectivity index (χ2v) is 16.8. The van der Waals surface area contributed by atoms with Gasteiger partial charge < -0.3 is 9.47 Å². The van der Waals surface area contributed by atoms with Gasteiger partial charge in [-0.25, -0.2) is 0 Å². The van der Waals surface area contributed by atoms with Gasteiger partial charge >= 0.3 is 0 Å². The highest BCUT2D eigenvalue weighted by atomic mass is 15.1. The molecule has 10 aromatic carbocycles. The van der Waals surface area contributed by atoms with E-state index in [1.165, 1.54) is 88.6 Å². The Morgan fingerprint density at radius 1 is 0.286 bits per heavy atom. The maximum atomic E-state index is 2.48. The van der Waals surface area contributed by atoms with Gasteiger partial charge in [0, 0.05) is 33.5 Å². The van der Waals surface area contributed by atoms with Crippen molar-refractivity contribution in [2.75, 3.05) is 4.90 Å². The molecule has 0 saturated carbocycles. The van der Waals surface area contributed by atoms with E-state index in [-0.39, 0.29) is 0 Å². The van der Waals surface area contributed by atoms with E-state index in [0.29, 0.717) is 0 Å². The lowest BCUT2D eigenvalue weighted by Crippen LogP contribution is -2.26. The fraction of sp³-hybridized carbons (Fsp3) is 0.0164. The van der Waals surface area contributed by atoms with Crippen LogP contribution in [0.2, 0.25) is 0 Å². The third-order valence-electron chi connectivity index (χ3n) is 13.6. The van der Waals surface area contributed by atoms with Crippen LogP contribution >= 0.6 is 0 Å². The SMILES string of the molecule is c1ccc(-c2ccc(N(c3cccc(-c4ccc5c(c4)c4ccccc4n5-c4ccccc4)c3)c3ccc4c(c3)C3(c5ccccc5-c5ccccc53)c3ccccc3-4)cc2)cc1. The molecule has 0 saturated heterocycles. The molecule has 0 aliphatic heterocycles. The fourth-order valence-corrected chi connectivity index (χ4v) is 10.9. The molecule has 2 aliphatic carbocycles. The second kappa shape index (κ2) is 13.9. The minimum atomic E-state index is -0.436. The first-order valence-electron chi connectivity index (χ1n) is 21.8. The van der Waals surface area contributed by atoms with Crippen molar-refractivity contribution in [1.82, 2.24) is 4.57 Å². The third-order valence-corrected chi connectivity index (χ3v) is 13.6. The van der Waals surface area contributed by atoms with E-state index in [4.69, 9.17) is 0 Å². The standard InChI is InChI=1S/C61H40N2/c1-3-16-41(17-4-1)42-30-33-46(34-31-42)62(47-21-15-18-43(38-47)44-32-37-60-54(39-44)53-25-10-14-29-59(53)63(60)45-19-5-2-6-20-45)48-35-36-52-51-24-9-13-28-57(51)61(58(52)40-48)55-26-11-7-22-49(55)50-23-8-12-27-56(50)61/h1-40H. The van der Waals surface area contributed by atoms with Gasteiger partial charge in [-0.2, -0.15) is 0 Å². The van der Waals surface area contributed by atoms with Gasteiger partial charge in [-0.15, -0.1) is 0 Å². The molecule has 13 rings (SSSR count). The molecular weight excluding hydrogens is 761 g/mol. The van der Waals surface area contributed by atoms with Crippen molar-refractivity contribution in [1.29, 1.82) is 0 Å². The van der Waals surface area contributed by atoms with Crippen LogP contribution in [0.4, 0.5) is 17.1 Å². The molecular formula is C61H40N2. The second-order valence-electron chi connectivity index (χ2n) is 16.8. The number of para-hydroxylation sites is 2. The predicted octanol–water partition coefficient (Wildman–Crippen LogP) is 15.9. The third kappa shape index (κ3) is 5.25. The summed E-state index contributed by atoms with van der Waals surface area (Å²) in [6.07, 6.45) is 0. The first-order valence-corrected chi connectivity index (χ1v) is 21.8. The minimum Gasteiger partial charge on any atom is -0.310 e. The first kappa shape index (κ1) is 35.5. The van der Waals surface area contributed by atoms with Crippen LogP contribution in [0.25, 0.3) is 72.0 Å². The van der Waals surface area contributed by atoms with Crippen molar-refractivity contribution < 1.29 is 0 Å². The Balaban J connectivity index is 1.00. The quantitative estimate of drug-likeness (QED) is 0.163. The lowest BCUT2D eigenvalue weighted by molar-refractivity contribution is 0.793. The normalized spacial score (nSPS) is 12.9. The van der Waals surface area contributed by atoms with E-state index in [2.05, 4.69) is 252 Å². The van der Waals surface area contributed by atoms with E-state index >= 15 is 0 Å². The lowest BCUT2D eigenvalue weighted by Gasteiger charge is -2.32. The first-order chi connectivity index (χ1) is 31.3. The van der Waals surface area contributed by atoms with Crippen molar-refractivity contribution in [3.63, 3.8) is 0 Å². The molecule has 1 aromatic heterocycles. The molecule has 294 valence electrons. The van der Waals surface area contributed by atoms with Gasteiger partial charge in [0.25, 0.3) is 0 Å². The van der Waals surface area contributed by atoms with Gasteiger partial charge in [0.2, 0.25) is 0 Å². The Kier molecular flexibility index (Phi) is 7.85. The number of anilines is 3. The number of nitrogens with zero attached hydrogens (tertiary/aromatic N) is 2. The predicted molar refractivity (Wildman–Crippen MR) is 263 cm³/mol. The molecule has 0 N–H and O–H groups in total. The van der Waals surface area contributed by atoms with E-state index in [9.17, 15) is 0 Å². The van der Waals surface area contributed by atoms with Crippen LogP contribution in [0, 0.1) is 0 Å². The molecule has 0 amide bonds. The summed E-state index contributed by atoms with van der Waals surface area (Å²) in [5.41, 5.74) is 21.8. The molecule has 0 radical (unpaired) electrons. The Hall–Kier alpha value is -8.20. The van der Waals surface area contributed by atoms with E-state index in [1.54, 1.807) is 0 Å². The van der Waals surface area contributed by atoms with Crippen molar-refractivity contribution >= 4 is 38.9 Å². The Morgan fingerprint density at radius 3 is 1.48 bits per heavy atom. The molecule has 1 spiro atoms. The Bertz CT molecular complexity index is 3500. The van der Waals surface area contributed by atoms with Crippen LogP contribution in [0.15, 0.2) is 243 Å². The summed E-state index contributed by atoms with van der Waals surface area (Å²) in [6, 6.07) is 89.5. The maximum absolute atomic E-state index is 2.48. The summed E-state index contributed by atoms with van der Waals surface area (Å²) in [5.74, 6) is 0. The number of benzene rings is 10. The minimum absolute atomic E-state index is 0.436. The Labute approximate surface area is 367 Å². The summed E-state index contributed by atoms with van der Waals surface area (Å²) in [4.78, 5) is 2.45. The monoisotopic (exact) mass is 800 g/mol. The summed E-state index contributed by atoms with van der Waals surface area (Å²) >= 11 is 0. The van der Waals surface area contributed by atoms with Crippen molar-refractivity contribution in [2.45, 2.75) is 5.41 Å². The van der Waals surface area contributed by atoms with Crippen LogP contribution in [-0.2, 0) is 5.41 Å². The smallest absolute Gasteiger partial charge is 0.0726 e. The van der Waals surface area contributed by atoms with Gasteiger partial charge in [0.05, 0.1) is 16.4 Å². The zero-order valence-electron chi connectivity index (χ0n) is 34.5. The zero-order chi connectivity index (χ0) is 41.5. The average Bonchev–Trinajstić information content (AvgIpc) is 3.96. The average molecular weight is 801 g/mol. The number of rotatable bonds is 6. The molecule has 0 atom stereocenters. The van der Waals surface area contributed by atoms with Gasteiger partial charge in [0.15, 0.2) is 0 Å². The highest BCUT2D eigenvalue weighted by Crippen LogP contribution is 2.63. The van der Waals surface area contributed by atoms with Gasteiger partial charge in [-0.05, 0) is 133 Å². The summed E-state index contributed by atoms with van der Waals surface area (Å²) in [6.45, 7) is 0. The summed E-state index contributed by atoms with van der Waals surface area (Å²) in [7, 11) is 0. The van der Waals surface area contributed by atoms with Crippen LogP contribution in [0.3, 0.4) is 0 Å². The van der Waals surface area contributed by atoms with Gasteiger partial charge in [-0.3, -0.25) is 0 Å². The van der Waals surface area contributed by atoms with Crippen molar-refractivity contribution in [3.8, 4) is 50.2 Å². The van der Waals surface area contributed by atoms with Gasteiger partial charge in [-0.1, -0.05) is 176 Å². The van der Waals surface area contributed by atoms with Crippen molar-refractivity contribution in [3.05, 3.63) is 265 Å². The topological polar surface area (TPSA) is 8.17 Å². The summed E-state index contributed by atoms with van der Waals surface area (Å²) in [5, 5.41) is 2.49. The molecule has 0 unspecified atom stereocenters. The maximum Gasteiger partial charge on any atom is 0.0726 e. The molecule has 11 aromatic rings. The highest BCUT2D eigenvalue weighted by molar-refractivity contribution is 6.10.